The van der Waals surface area contributed by atoms with Gasteiger partial charge in [0.15, 0.2) is 0 Å². The standard InChI is InChI=1S/C14H28N2OS/c1-4-17-12-6-10-16(11-7-12)9-5-8-14(2,3)13(15)18/h12H,4-11H2,1-3H3,(H2,15,18). The van der Waals surface area contributed by atoms with E-state index in [1.807, 2.05) is 0 Å². The Hall–Kier alpha value is -0.190. The predicted molar refractivity (Wildman–Crippen MR) is 80.9 cm³/mol. The Morgan fingerprint density at radius 3 is 2.50 bits per heavy atom. The third kappa shape index (κ3) is 5.21. The highest BCUT2D eigenvalue weighted by molar-refractivity contribution is 7.80. The lowest BCUT2D eigenvalue weighted by atomic mass is 9.88. The summed E-state index contributed by atoms with van der Waals surface area (Å²) in [5.41, 5.74) is 5.74. The number of nitrogens with zero attached hydrogens (tertiary/aromatic N) is 1. The fourth-order valence-corrected chi connectivity index (χ4v) is 2.51. The van der Waals surface area contributed by atoms with Gasteiger partial charge in [-0.15, -0.1) is 0 Å². The SMILES string of the molecule is CCOC1CCN(CCCC(C)(C)C(N)=S)CC1. The molecular formula is C14H28N2OS. The first-order valence-electron chi connectivity index (χ1n) is 7.09. The Labute approximate surface area is 117 Å². The van der Waals surface area contributed by atoms with Gasteiger partial charge >= 0.3 is 0 Å². The van der Waals surface area contributed by atoms with E-state index in [0.717, 1.165) is 32.7 Å². The van der Waals surface area contributed by atoms with Crippen LogP contribution in [-0.4, -0.2) is 42.2 Å². The van der Waals surface area contributed by atoms with Gasteiger partial charge in [-0.05, 0) is 39.2 Å². The van der Waals surface area contributed by atoms with Crippen molar-refractivity contribution in [3.63, 3.8) is 0 Å². The molecule has 0 aromatic heterocycles. The second kappa shape index (κ2) is 7.41. The third-order valence-electron chi connectivity index (χ3n) is 3.88. The summed E-state index contributed by atoms with van der Waals surface area (Å²) in [7, 11) is 0. The topological polar surface area (TPSA) is 38.5 Å². The summed E-state index contributed by atoms with van der Waals surface area (Å²) in [6, 6.07) is 0. The molecule has 4 heteroatoms. The lowest BCUT2D eigenvalue weighted by Gasteiger charge is -2.32. The van der Waals surface area contributed by atoms with Crippen molar-refractivity contribution >= 4 is 17.2 Å². The molecule has 106 valence electrons. The van der Waals surface area contributed by atoms with Crippen LogP contribution in [0.5, 0.6) is 0 Å². The van der Waals surface area contributed by atoms with E-state index >= 15 is 0 Å². The van der Waals surface area contributed by atoms with Gasteiger partial charge in [0.2, 0.25) is 0 Å². The van der Waals surface area contributed by atoms with E-state index in [2.05, 4.69) is 25.7 Å². The molecule has 3 nitrogen and oxygen atoms in total. The molecule has 0 radical (unpaired) electrons. The maximum Gasteiger partial charge on any atom is 0.0784 e. The molecule has 0 amide bonds. The average molecular weight is 272 g/mol. The van der Waals surface area contributed by atoms with Gasteiger partial charge in [-0.1, -0.05) is 26.1 Å². The fourth-order valence-electron chi connectivity index (χ4n) is 2.40. The molecule has 0 atom stereocenters. The number of rotatable bonds is 7. The fraction of sp³-hybridized carbons (Fsp3) is 0.929. The molecule has 18 heavy (non-hydrogen) atoms. The van der Waals surface area contributed by atoms with Crippen LogP contribution in [0.15, 0.2) is 0 Å². The van der Waals surface area contributed by atoms with Gasteiger partial charge in [0.1, 0.15) is 0 Å². The van der Waals surface area contributed by atoms with Crippen LogP contribution in [0.25, 0.3) is 0 Å². The van der Waals surface area contributed by atoms with Crippen LogP contribution in [0.1, 0.15) is 46.5 Å². The number of ether oxygens (including phenoxy) is 1. The van der Waals surface area contributed by atoms with E-state index in [0.29, 0.717) is 11.1 Å². The smallest absolute Gasteiger partial charge is 0.0784 e. The summed E-state index contributed by atoms with van der Waals surface area (Å²) >= 11 is 5.09. The molecule has 2 N–H and O–H groups in total. The van der Waals surface area contributed by atoms with Gasteiger partial charge in [0, 0.05) is 25.1 Å². The first-order chi connectivity index (χ1) is 8.45. The summed E-state index contributed by atoms with van der Waals surface area (Å²) in [5, 5.41) is 0. The predicted octanol–water partition coefficient (Wildman–Crippen LogP) is 2.58. The molecule has 1 rings (SSSR count). The molecule has 1 heterocycles. The Morgan fingerprint density at radius 2 is 2.00 bits per heavy atom. The van der Waals surface area contributed by atoms with Gasteiger partial charge in [-0.3, -0.25) is 0 Å². The molecule has 0 aromatic carbocycles. The first kappa shape index (κ1) is 15.9. The second-order valence-electron chi connectivity index (χ2n) is 5.85. The van der Waals surface area contributed by atoms with Gasteiger partial charge < -0.3 is 15.4 Å². The summed E-state index contributed by atoms with van der Waals surface area (Å²) < 4.78 is 5.66. The molecule has 0 aliphatic carbocycles. The van der Waals surface area contributed by atoms with E-state index in [1.165, 1.54) is 19.3 Å². The van der Waals surface area contributed by atoms with Gasteiger partial charge in [0.05, 0.1) is 11.1 Å². The molecule has 0 aromatic rings. The minimum atomic E-state index is -0.00101. The van der Waals surface area contributed by atoms with Crippen molar-refractivity contribution in [1.82, 2.24) is 4.90 Å². The monoisotopic (exact) mass is 272 g/mol. The van der Waals surface area contributed by atoms with Crippen molar-refractivity contribution in [2.75, 3.05) is 26.2 Å². The van der Waals surface area contributed by atoms with Crippen molar-refractivity contribution in [2.45, 2.75) is 52.6 Å². The van der Waals surface area contributed by atoms with E-state index in [4.69, 9.17) is 22.7 Å². The number of thiocarbonyl (C=S) groups is 1. The molecular weight excluding hydrogens is 244 g/mol. The van der Waals surface area contributed by atoms with Crippen LogP contribution in [0.4, 0.5) is 0 Å². The van der Waals surface area contributed by atoms with Crippen LogP contribution in [0.2, 0.25) is 0 Å². The normalized spacial score (nSPS) is 19.1. The zero-order valence-electron chi connectivity index (χ0n) is 12.1. The highest BCUT2D eigenvalue weighted by atomic mass is 32.1. The van der Waals surface area contributed by atoms with Crippen LogP contribution in [-0.2, 0) is 4.74 Å². The molecule has 1 fully saturated rings. The summed E-state index contributed by atoms with van der Waals surface area (Å²) in [4.78, 5) is 3.17. The number of nitrogens with two attached hydrogens (primary N) is 1. The minimum absolute atomic E-state index is 0.00101. The van der Waals surface area contributed by atoms with E-state index < -0.39 is 0 Å². The van der Waals surface area contributed by atoms with Crippen LogP contribution >= 0.6 is 12.2 Å². The van der Waals surface area contributed by atoms with Gasteiger partial charge in [-0.25, -0.2) is 0 Å². The highest BCUT2D eigenvalue weighted by Gasteiger charge is 2.22. The maximum absolute atomic E-state index is 5.74. The van der Waals surface area contributed by atoms with Crippen molar-refractivity contribution in [3.8, 4) is 0 Å². The first-order valence-corrected chi connectivity index (χ1v) is 7.50. The van der Waals surface area contributed by atoms with Crippen molar-refractivity contribution in [2.24, 2.45) is 11.1 Å². The molecule has 0 unspecified atom stereocenters. The maximum atomic E-state index is 5.74. The van der Waals surface area contributed by atoms with Crippen LogP contribution < -0.4 is 5.73 Å². The Balaban J connectivity index is 2.16. The van der Waals surface area contributed by atoms with Crippen molar-refractivity contribution in [1.29, 1.82) is 0 Å². The van der Waals surface area contributed by atoms with Gasteiger partial charge in [-0.2, -0.15) is 0 Å². The minimum Gasteiger partial charge on any atom is -0.393 e. The van der Waals surface area contributed by atoms with Crippen molar-refractivity contribution < 1.29 is 4.74 Å². The molecule has 1 saturated heterocycles. The molecule has 1 aliphatic rings. The third-order valence-corrected chi connectivity index (χ3v) is 4.43. The molecule has 1 aliphatic heterocycles. The van der Waals surface area contributed by atoms with Gasteiger partial charge in [0.25, 0.3) is 0 Å². The number of likely N-dealkylation sites (tertiary alicyclic amines) is 1. The Bertz CT molecular complexity index is 261. The molecule has 0 bridgehead atoms. The zero-order chi connectivity index (χ0) is 13.6. The highest BCUT2D eigenvalue weighted by Crippen LogP contribution is 2.23. The van der Waals surface area contributed by atoms with E-state index in [9.17, 15) is 0 Å². The lowest BCUT2D eigenvalue weighted by Crippen LogP contribution is -2.38. The second-order valence-corrected chi connectivity index (χ2v) is 6.29. The quantitative estimate of drug-likeness (QED) is 0.723. The summed E-state index contributed by atoms with van der Waals surface area (Å²) in [5.74, 6) is 0. The largest absolute Gasteiger partial charge is 0.393 e. The number of hydrogen-bond donors (Lipinski definition) is 1. The van der Waals surface area contributed by atoms with E-state index in [-0.39, 0.29) is 5.41 Å². The van der Waals surface area contributed by atoms with Crippen LogP contribution in [0.3, 0.4) is 0 Å². The van der Waals surface area contributed by atoms with E-state index in [1.54, 1.807) is 0 Å². The van der Waals surface area contributed by atoms with Crippen molar-refractivity contribution in [3.05, 3.63) is 0 Å². The van der Waals surface area contributed by atoms with Crippen LogP contribution in [0, 0.1) is 5.41 Å². The summed E-state index contributed by atoms with van der Waals surface area (Å²) in [6.07, 6.45) is 5.08. The molecule has 0 saturated carbocycles. The lowest BCUT2D eigenvalue weighted by molar-refractivity contribution is 0.0137. The zero-order valence-corrected chi connectivity index (χ0v) is 12.9. The Morgan fingerprint density at radius 1 is 1.39 bits per heavy atom. The molecule has 0 spiro atoms. The summed E-state index contributed by atoms with van der Waals surface area (Å²) in [6.45, 7) is 10.7. The number of piperidine rings is 1. The average Bonchev–Trinajstić information content (AvgIpc) is 2.31. The number of hydrogen-bond acceptors (Lipinski definition) is 3. The Kier molecular flexibility index (Phi) is 6.53.